The summed E-state index contributed by atoms with van der Waals surface area (Å²) in [5.41, 5.74) is -1.07. The standard InChI is InChI=1S/C22H28F3N3O/c1-14(2)19(21(28(3)4)11-7-8-12-21)27-20(29)16-13-18(22(23,24)25)26-17-10-6-5-9-15(16)17/h5-6,9-10,13-14,19H,7-8,11-12H2,1-4H3,(H,27,29). The number of fused-ring (bicyclic) bond motifs is 1. The van der Waals surface area contributed by atoms with Gasteiger partial charge in [0, 0.05) is 17.0 Å². The molecule has 0 bridgehead atoms. The minimum Gasteiger partial charge on any atom is -0.347 e. The van der Waals surface area contributed by atoms with Gasteiger partial charge in [-0.15, -0.1) is 0 Å². The number of rotatable bonds is 5. The molecule has 7 heteroatoms. The molecule has 1 heterocycles. The second-order valence-electron chi connectivity index (χ2n) is 8.47. The number of pyridine rings is 1. The molecule has 2 aromatic rings. The normalized spacial score (nSPS) is 17.8. The summed E-state index contributed by atoms with van der Waals surface area (Å²) < 4.78 is 40.1. The molecular weight excluding hydrogens is 379 g/mol. The Hall–Kier alpha value is -2.15. The van der Waals surface area contributed by atoms with Crippen molar-refractivity contribution in [1.29, 1.82) is 0 Å². The highest BCUT2D eigenvalue weighted by molar-refractivity contribution is 6.06. The van der Waals surface area contributed by atoms with Crippen molar-refractivity contribution >= 4 is 16.8 Å². The number of halogens is 3. The third-order valence-electron chi connectivity index (χ3n) is 6.14. The largest absolute Gasteiger partial charge is 0.433 e. The minimum atomic E-state index is -4.62. The van der Waals surface area contributed by atoms with Crippen molar-refractivity contribution in [3.05, 3.63) is 41.6 Å². The number of hydrogen-bond acceptors (Lipinski definition) is 3. The molecule has 1 aliphatic rings. The molecule has 0 spiro atoms. The molecule has 0 radical (unpaired) electrons. The van der Waals surface area contributed by atoms with Gasteiger partial charge in [0.2, 0.25) is 0 Å². The number of aromatic nitrogens is 1. The van der Waals surface area contributed by atoms with Gasteiger partial charge in [0.15, 0.2) is 0 Å². The van der Waals surface area contributed by atoms with Crippen LogP contribution in [0.1, 0.15) is 55.6 Å². The van der Waals surface area contributed by atoms with Gasteiger partial charge in [0.1, 0.15) is 5.69 Å². The number of nitrogens with zero attached hydrogens (tertiary/aromatic N) is 2. The smallest absolute Gasteiger partial charge is 0.347 e. The zero-order valence-electron chi connectivity index (χ0n) is 17.3. The molecule has 158 valence electrons. The Morgan fingerprint density at radius 2 is 1.79 bits per heavy atom. The Kier molecular flexibility index (Phi) is 5.90. The number of carbonyl (C=O) groups excluding carboxylic acids is 1. The van der Waals surface area contributed by atoms with E-state index in [4.69, 9.17) is 0 Å². The van der Waals surface area contributed by atoms with Crippen LogP contribution in [0.15, 0.2) is 30.3 Å². The summed E-state index contributed by atoms with van der Waals surface area (Å²) in [6.45, 7) is 4.08. The third-order valence-corrected chi connectivity index (χ3v) is 6.14. The number of para-hydroxylation sites is 1. The highest BCUT2D eigenvalue weighted by atomic mass is 19.4. The van der Waals surface area contributed by atoms with E-state index in [1.165, 1.54) is 6.07 Å². The van der Waals surface area contributed by atoms with E-state index in [0.29, 0.717) is 5.39 Å². The fourth-order valence-corrected chi connectivity index (χ4v) is 4.67. The highest BCUT2D eigenvalue weighted by Gasteiger charge is 2.45. The summed E-state index contributed by atoms with van der Waals surface area (Å²) >= 11 is 0. The molecule has 1 atom stereocenters. The molecular formula is C22H28F3N3O. The molecule has 1 aromatic carbocycles. The molecule has 1 aliphatic carbocycles. The van der Waals surface area contributed by atoms with Crippen LogP contribution in [-0.4, -0.2) is 41.5 Å². The Balaban J connectivity index is 2.04. The molecule has 1 aromatic heterocycles. The lowest BCUT2D eigenvalue weighted by Crippen LogP contribution is -2.60. The molecule has 3 rings (SSSR count). The summed E-state index contributed by atoms with van der Waals surface area (Å²) in [5.74, 6) is -0.351. The van der Waals surface area contributed by atoms with Crippen LogP contribution in [0.5, 0.6) is 0 Å². The lowest BCUT2D eigenvalue weighted by molar-refractivity contribution is -0.140. The average molecular weight is 407 g/mol. The van der Waals surface area contributed by atoms with Gasteiger partial charge in [-0.25, -0.2) is 4.98 Å². The Morgan fingerprint density at radius 3 is 2.34 bits per heavy atom. The van der Waals surface area contributed by atoms with Gasteiger partial charge in [0.05, 0.1) is 11.1 Å². The summed E-state index contributed by atoms with van der Waals surface area (Å²) in [5, 5.41) is 3.51. The second-order valence-corrected chi connectivity index (χ2v) is 8.47. The van der Waals surface area contributed by atoms with Crippen molar-refractivity contribution in [3.63, 3.8) is 0 Å². The Morgan fingerprint density at radius 1 is 1.17 bits per heavy atom. The lowest BCUT2D eigenvalue weighted by Gasteiger charge is -2.45. The maximum absolute atomic E-state index is 13.4. The number of amides is 1. The third kappa shape index (κ3) is 4.10. The van der Waals surface area contributed by atoms with E-state index < -0.39 is 17.8 Å². The first kappa shape index (κ1) is 21.6. The molecule has 4 nitrogen and oxygen atoms in total. The first-order valence-corrected chi connectivity index (χ1v) is 10.0. The van der Waals surface area contributed by atoms with Gasteiger partial charge in [-0.2, -0.15) is 13.2 Å². The maximum atomic E-state index is 13.4. The van der Waals surface area contributed by atoms with Crippen LogP contribution >= 0.6 is 0 Å². The van der Waals surface area contributed by atoms with Crippen LogP contribution in [0, 0.1) is 5.92 Å². The molecule has 0 saturated heterocycles. The van der Waals surface area contributed by atoms with Crippen molar-refractivity contribution in [2.24, 2.45) is 5.92 Å². The summed E-state index contributed by atoms with van der Waals surface area (Å²) in [7, 11) is 4.02. The lowest BCUT2D eigenvalue weighted by atomic mass is 9.80. The van der Waals surface area contributed by atoms with E-state index in [1.807, 2.05) is 27.9 Å². The SMILES string of the molecule is CC(C)C(NC(=O)c1cc(C(F)(F)F)nc2ccccc12)C1(N(C)C)CCCC1. The van der Waals surface area contributed by atoms with E-state index in [2.05, 4.69) is 15.2 Å². The van der Waals surface area contributed by atoms with Crippen LogP contribution in [0.2, 0.25) is 0 Å². The minimum absolute atomic E-state index is 0.0143. The van der Waals surface area contributed by atoms with Gasteiger partial charge in [0.25, 0.3) is 5.91 Å². The van der Waals surface area contributed by atoms with E-state index >= 15 is 0 Å². The highest BCUT2D eigenvalue weighted by Crippen LogP contribution is 2.39. The zero-order valence-corrected chi connectivity index (χ0v) is 17.3. The van der Waals surface area contributed by atoms with Crippen LogP contribution < -0.4 is 5.32 Å². The molecule has 1 fully saturated rings. The second kappa shape index (κ2) is 7.94. The molecule has 1 N–H and O–H groups in total. The predicted molar refractivity (Wildman–Crippen MR) is 108 cm³/mol. The first-order valence-electron chi connectivity index (χ1n) is 10.0. The Bertz CT molecular complexity index is 886. The molecule has 1 saturated carbocycles. The van der Waals surface area contributed by atoms with Crippen molar-refractivity contribution in [1.82, 2.24) is 15.2 Å². The van der Waals surface area contributed by atoms with Crippen LogP contribution in [0.4, 0.5) is 13.2 Å². The van der Waals surface area contributed by atoms with Crippen LogP contribution in [0.25, 0.3) is 10.9 Å². The Labute approximate surface area is 169 Å². The average Bonchev–Trinajstić information content (AvgIpc) is 3.15. The number of carbonyl (C=O) groups is 1. The van der Waals surface area contributed by atoms with Gasteiger partial charge in [-0.05, 0) is 45.0 Å². The topological polar surface area (TPSA) is 45.2 Å². The summed E-state index contributed by atoms with van der Waals surface area (Å²) in [6.07, 6.45) is -0.559. The number of nitrogens with one attached hydrogen (secondary N) is 1. The van der Waals surface area contributed by atoms with Crippen molar-refractivity contribution < 1.29 is 18.0 Å². The van der Waals surface area contributed by atoms with E-state index in [0.717, 1.165) is 31.7 Å². The van der Waals surface area contributed by atoms with Gasteiger partial charge in [-0.3, -0.25) is 4.79 Å². The summed E-state index contributed by atoms with van der Waals surface area (Å²) in [6, 6.07) is 7.15. The number of alkyl halides is 3. The zero-order chi connectivity index (χ0) is 21.4. The molecule has 1 unspecified atom stereocenters. The van der Waals surface area contributed by atoms with Gasteiger partial charge < -0.3 is 10.2 Å². The van der Waals surface area contributed by atoms with Crippen LogP contribution in [0.3, 0.4) is 0 Å². The van der Waals surface area contributed by atoms with E-state index in [-0.39, 0.29) is 28.6 Å². The summed E-state index contributed by atoms with van der Waals surface area (Å²) in [4.78, 5) is 19.1. The van der Waals surface area contributed by atoms with E-state index in [9.17, 15) is 18.0 Å². The first-order chi connectivity index (χ1) is 13.6. The fraction of sp³-hybridized carbons (Fsp3) is 0.545. The quantitative estimate of drug-likeness (QED) is 0.768. The molecule has 0 aliphatic heterocycles. The van der Waals surface area contributed by atoms with Gasteiger partial charge in [-0.1, -0.05) is 44.9 Å². The number of likely N-dealkylation sites (N-methyl/N-ethyl adjacent to an activating group) is 1. The number of benzene rings is 1. The fourth-order valence-electron chi connectivity index (χ4n) is 4.67. The van der Waals surface area contributed by atoms with Crippen molar-refractivity contribution in [3.8, 4) is 0 Å². The monoisotopic (exact) mass is 407 g/mol. The molecule has 29 heavy (non-hydrogen) atoms. The predicted octanol–water partition coefficient (Wildman–Crippen LogP) is 4.88. The maximum Gasteiger partial charge on any atom is 0.433 e. The van der Waals surface area contributed by atoms with Crippen molar-refractivity contribution in [2.45, 2.75) is 57.3 Å². The van der Waals surface area contributed by atoms with E-state index in [1.54, 1.807) is 18.2 Å². The van der Waals surface area contributed by atoms with Crippen molar-refractivity contribution in [2.75, 3.05) is 14.1 Å². The molecule has 1 amide bonds. The number of hydrogen-bond donors (Lipinski definition) is 1. The van der Waals surface area contributed by atoms with Gasteiger partial charge >= 0.3 is 6.18 Å². The van der Waals surface area contributed by atoms with Crippen LogP contribution in [-0.2, 0) is 6.18 Å².